The highest BCUT2D eigenvalue weighted by Crippen LogP contribution is 2.36. The molecule has 4 rings (SSSR count). The van der Waals surface area contributed by atoms with E-state index in [1.54, 1.807) is 18.2 Å². The predicted molar refractivity (Wildman–Crippen MR) is 118 cm³/mol. The van der Waals surface area contributed by atoms with Crippen molar-refractivity contribution in [3.8, 4) is 11.5 Å². The van der Waals surface area contributed by atoms with Crippen molar-refractivity contribution in [2.75, 3.05) is 20.1 Å². The SMILES string of the molecule is CN(C(=N)N)C(=O)c1cc2c(Cl)ccc(Oc3ccccc3CN3CCCC3)c2[nH]1. The van der Waals surface area contributed by atoms with E-state index in [0.717, 1.165) is 35.8 Å². The second-order valence-corrected chi connectivity index (χ2v) is 7.87. The van der Waals surface area contributed by atoms with Gasteiger partial charge in [-0.2, -0.15) is 0 Å². The summed E-state index contributed by atoms with van der Waals surface area (Å²) < 4.78 is 6.28. The van der Waals surface area contributed by atoms with E-state index < -0.39 is 5.91 Å². The van der Waals surface area contributed by atoms with Crippen molar-refractivity contribution in [2.45, 2.75) is 19.4 Å². The number of benzene rings is 2. The fourth-order valence-corrected chi connectivity index (χ4v) is 3.90. The summed E-state index contributed by atoms with van der Waals surface area (Å²) in [4.78, 5) is 19.1. The summed E-state index contributed by atoms with van der Waals surface area (Å²) in [7, 11) is 1.45. The zero-order chi connectivity index (χ0) is 21.3. The molecule has 3 aromatic rings. The number of aromatic amines is 1. The number of ether oxygens (including phenoxy) is 1. The van der Waals surface area contributed by atoms with E-state index in [9.17, 15) is 4.79 Å². The van der Waals surface area contributed by atoms with Gasteiger partial charge in [-0.15, -0.1) is 0 Å². The van der Waals surface area contributed by atoms with Crippen molar-refractivity contribution in [3.63, 3.8) is 0 Å². The monoisotopic (exact) mass is 425 g/mol. The summed E-state index contributed by atoms with van der Waals surface area (Å²) in [5, 5.41) is 8.65. The number of nitrogens with one attached hydrogen (secondary N) is 2. The third kappa shape index (κ3) is 3.99. The number of likely N-dealkylation sites (tertiary alicyclic amines) is 1. The maximum Gasteiger partial charge on any atom is 0.276 e. The van der Waals surface area contributed by atoms with Crippen LogP contribution in [0.25, 0.3) is 10.9 Å². The molecule has 1 aliphatic heterocycles. The first-order chi connectivity index (χ1) is 14.4. The van der Waals surface area contributed by atoms with Crippen LogP contribution >= 0.6 is 11.6 Å². The van der Waals surface area contributed by atoms with Crippen LogP contribution < -0.4 is 10.5 Å². The number of nitrogens with zero attached hydrogens (tertiary/aromatic N) is 2. The van der Waals surface area contributed by atoms with Crippen LogP contribution in [-0.4, -0.2) is 46.8 Å². The molecular formula is C22H24ClN5O2. The Morgan fingerprint density at radius 2 is 1.97 bits per heavy atom. The Morgan fingerprint density at radius 1 is 1.23 bits per heavy atom. The highest BCUT2D eigenvalue weighted by molar-refractivity contribution is 6.36. The maximum atomic E-state index is 12.6. The summed E-state index contributed by atoms with van der Waals surface area (Å²) >= 11 is 6.36. The average Bonchev–Trinajstić information content (AvgIpc) is 3.41. The molecule has 0 radical (unpaired) electrons. The molecule has 4 N–H and O–H groups in total. The normalized spacial score (nSPS) is 14.2. The molecule has 1 amide bonds. The Morgan fingerprint density at radius 3 is 2.70 bits per heavy atom. The third-order valence-electron chi connectivity index (χ3n) is 5.38. The lowest BCUT2D eigenvalue weighted by molar-refractivity contribution is 0.0864. The molecule has 1 aromatic heterocycles. The van der Waals surface area contributed by atoms with Crippen molar-refractivity contribution in [2.24, 2.45) is 5.73 Å². The van der Waals surface area contributed by atoms with E-state index in [-0.39, 0.29) is 11.7 Å². The topological polar surface area (TPSA) is 98.4 Å². The highest BCUT2D eigenvalue weighted by atomic mass is 35.5. The lowest BCUT2D eigenvalue weighted by Crippen LogP contribution is -2.38. The summed E-state index contributed by atoms with van der Waals surface area (Å²) in [6.07, 6.45) is 2.46. The smallest absolute Gasteiger partial charge is 0.276 e. The molecule has 1 fully saturated rings. The van der Waals surface area contributed by atoms with Crippen molar-refractivity contribution in [1.29, 1.82) is 5.41 Å². The van der Waals surface area contributed by atoms with Gasteiger partial charge in [0, 0.05) is 24.5 Å². The Bertz CT molecular complexity index is 1100. The number of H-pyrrole nitrogens is 1. The summed E-state index contributed by atoms with van der Waals surface area (Å²) in [6, 6.07) is 13.2. The molecule has 2 aromatic carbocycles. The van der Waals surface area contributed by atoms with Gasteiger partial charge in [0.05, 0.1) is 10.5 Å². The number of hydrogen-bond donors (Lipinski definition) is 3. The molecule has 7 nitrogen and oxygen atoms in total. The first-order valence-corrected chi connectivity index (χ1v) is 10.2. The molecule has 0 atom stereocenters. The van der Waals surface area contributed by atoms with E-state index in [4.69, 9.17) is 27.5 Å². The third-order valence-corrected chi connectivity index (χ3v) is 5.71. The number of carbonyl (C=O) groups is 1. The molecule has 0 unspecified atom stereocenters. The largest absolute Gasteiger partial charge is 0.455 e. The lowest BCUT2D eigenvalue weighted by Gasteiger charge is -2.18. The second kappa shape index (κ2) is 8.38. The first-order valence-electron chi connectivity index (χ1n) is 9.85. The predicted octanol–water partition coefficient (Wildman–Crippen LogP) is 4.17. The highest BCUT2D eigenvalue weighted by Gasteiger charge is 2.20. The molecule has 0 aliphatic carbocycles. The summed E-state index contributed by atoms with van der Waals surface area (Å²) in [6.45, 7) is 3.04. The quantitative estimate of drug-likeness (QED) is 0.422. The number of guanidine groups is 1. The first kappa shape index (κ1) is 20.3. The molecule has 0 spiro atoms. The minimum Gasteiger partial charge on any atom is -0.455 e. The minimum atomic E-state index is -0.421. The standard InChI is InChI=1S/C22H24ClN5O2/c1-27(22(24)25)21(29)17-12-15-16(23)8-9-19(20(15)26-17)30-18-7-3-2-6-14(18)13-28-10-4-5-11-28/h2-3,6-9,12,26H,4-5,10-11,13H2,1H3,(H3,24,25). The molecule has 30 heavy (non-hydrogen) atoms. The maximum absolute atomic E-state index is 12.6. The number of rotatable bonds is 5. The number of halogens is 1. The van der Waals surface area contributed by atoms with Gasteiger partial charge in [-0.1, -0.05) is 29.8 Å². The van der Waals surface area contributed by atoms with Gasteiger partial charge in [0.25, 0.3) is 5.91 Å². The number of fused-ring (bicyclic) bond motifs is 1. The molecule has 1 saturated heterocycles. The van der Waals surface area contributed by atoms with Gasteiger partial charge >= 0.3 is 0 Å². The van der Waals surface area contributed by atoms with Crippen LogP contribution in [0.4, 0.5) is 0 Å². The van der Waals surface area contributed by atoms with E-state index in [1.165, 1.54) is 19.9 Å². The Balaban J connectivity index is 1.68. The number of carbonyl (C=O) groups excluding carboxylic acids is 1. The van der Waals surface area contributed by atoms with Crippen molar-refractivity contribution >= 4 is 34.4 Å². The molecule has 0 bridgehead atoms. The number of nitrogens with two attached hydrogens (primary N) is 1. The van der Waals surface area contributed by atoms with Gasteiger partial charge in [-0.3, -0.25) is 20.0 Å². The zero-order valence-electron chi connectivity index (χ0n) is 16.7. The number of amides is 1. The number of para-hydroxylation sites is 1. The van der Waals surface area contributed by atoms with E-state index in [1.807, 2.05) is 18.2 Å². The van der Waals surface area contributed by atoms with Gasteiger partial charge < -0.3 is 15.5 Å². The van der Waals surface area contributed by atoms with E-state index in [2.05, 4.69) is 16.0 Å². The average molecular weight is 426 g/mol. The fraction of sp³-hybridized carbons (Fsp3) is 0.273. The molecule has 8 heteroatoms. The Hall–Kier alpha value is -3.03. The van der Waals surface area contributed by atoms with Crippen LogP contribution in [0, 0.1) is 5.41 Å². The van der Waals surface area contributed by atoms with Gasteiger partial charge in [-0.25, -0.2) is 0 Å². The van der Waals surface area contributed by atoms with Crippen molar-refractivity contribution < 1.29 is 9.53 Å². The van der Waals surface area contributed by atoms with Crippen LogP contribution in [0.15, 0.2) is 42.5 Å². The van der Waals surface area contributed by atoms with Gasteiger partial charge in [-0.05, 0) is 50.2 Å². The minimum absolute atomic E-state index is 0.283. The van der Waals surface area contributed by atoms with Gasteiger partial charge in [0.1, 0.15) is 11.4 Å². The van der Waals surface area contributed by atoms with Crippen LogP contribution in [0.2, 0.25) is 5.02 Å². The van der Waals surface area contributed by atoms with Crippen LogP contribution in [0.3, 0.4) is 0 Å². The van der Waals surface area contributed by atoms with E-state index >= 15 is 0 Å². The van der Waals surface area contributed by atoms with Gasteiger partial charge in [0.2, 0.25) is 0 Å². The molecule has 0 saturated carbocycles. The molecule has 156 valence electrons. The van der Waals surface area contributed by atoms with Crippen LogP contribution in [0.5, 0.6) is 11.5 Å². The van der Waals surface area contributed by atoms with Crippen LogP contribution in [0.1, 0.15) is 28.9 Å². The fourth-order valence-electron chi connectivity index (χ4n) is 3.68. The molecular weight excluding hydrogens is 402 g/mol. The molecule has 1 aliphatic rings. The van der Waals surface area contributed by atoms with Gasteiger partial charge in [0.15, 0.2) is 11.7 Å². The number of aromatic nitrogens is 1. The summed E-state index contributed by atoms with van der Waals surface area (Å²) in [5.74, 6) is 0.594. The van der Waals surface area contributed by atoms with Crippen molar-refractivity contribution in [1.82, 2.24) is 14.8 Å². The summed E-state index contributed by atoms with van der Waals surface area (Å²) in [5.41, 5.74) is 7.45. The van der Waals surface area contributed by atoms with Crippen LogP contribution in [-0.2, 0) is 6.54 Å². The zero-order valence-corrected chi connectivity index (χ0v) is 17.5. The van der Waals surface area contributed by atoms with Crippen molar-refractivity contribution in [3.05, 3.63) is 58.7 Å². The van der Waals surface area contributed by atoms with E-state index in [0.29, 0.717) is 21.7 Å². The second-order valence-electron chi connectivity index (χ2n) is 7.46. The molecule has 2 heterocycles. The lowest BCUT2D eigenvalue weighted by atomic mass is 10.2. The Labute approximate surface area is 179 Å². The Kier molecular flexibility index (Phi) is 5.65. The number of hydrogen-bond acceptors (Lipinski definition) is 4.